The number of carbonyl (C=O) groups excluding carboxylic acids is 1. The highest BCUT2D eigenvalue weighted by atomic mass is 79.9. The average Bonchev–Trinajstić information content (AvgIpc) is 2.39. The molecule has 0 atom stereocenters. The molecule has 0 bridgehead atoms. The molecule has 0 radical (unpaired) electrons. The molecule has 0 saturated heterocycles. The Balaban J connectivity index is 3.37. The van der Waals surface area contributed by atoms with E-state index in [1.54, 1.807) is 0 Å². The molecule has 0 aliphatic carbocycles. The molecule has 102 valence electrons. The summed E-state index contributed by atoms with van der Waals surface area (Å²) in [6.45, 7) is 0. The topological polar surface area (TPSA) is 26.3 Å². The number of carbonyl (C=O) groups is 1. The molecule has 0 spiro atoms. The van der Waals surface area contributed by atoms with Crippen LogP contribution in [0.15, 0.2) is 36.5 Å². The molecule has 3 heteroatoms. The molecule has 2 nitrogen and oxygen atoms in total. The van der Waals surface area contributed by atoms with Crippen LogP contribution in [0.5, 0.6) is 0 Å². The van der Waals surface area contributed by atoms with Crippen molar-refractivity contribution in [2.24, 2.45) is 0 Å². The molecular weight excluding hydrogens is 292 g/mol. The van der Waals surface area contributed by atoms with Gasteiger partial charge in [0.25, 0.3) is 0 Å². The monoisotopic (exact) mass is 314 g/mol. The third kappa shape index (κ3) is 13.2. The SMILES string of the molecule is COC(=O)CCC/C=C\C/C=C\C/C=C\CCBr. The van der Waals surface area contributed by atoms with Gasteiger partial charge in [0.2, 0.25) is 0 Å². The van der Waals surface area contributed by atoms with Crippen molar-refractivity contribution in [3.63, 3.8) is 0 Å². The van der Waals surface area contributed by atoms with Gasteiger partial charge >= 0.3 is 5.97 Å². The van der Waals surface area contributed by atoms with Gasteiger partial charge in [-0.3, -0.25) is 4.79 Å². The van der Waals surface area contributed by atoms with Crippen LogP contribution in [0.4, 0.5) is 0 Å². The standard InChI is InChI=1S/C15H23BrO2/c1-18-15(17)13-11-9-7-5-3-2-4-6-8-10-12-14-16/h2,4-5,7-8,10H,3,6,9,11-14H2,1H3/b4-2-,7-5-,10-8-. The summed E-state index contributed by atoms with van der Waals surface area (Å²) in [5.74, 6) is -0.126. The lowest BCUT2D eigenvalue weighted by atomic mass is 10.2. The molecule has 0 aromatic rings. The highest BCUT2D eigenvalue weighted by molar-refractivity contribution is 9.09. The number of allylic oxidation sites excluding steroid dienone is 6. The van der Waals surface area contributed by atoms with E-state index in [9.17, 15) is 4.79 Å². The second kappa shape index (κ2) is 14.2. The van der Waals surface area contributed by atoms with Crippen LogP contribution in [0.3, 0.4) is 0 Å². The molecule has 0 unspecified atom stereocenters. The number of hydrogen-bond donors (Lipinski definition) is 0. The highest BCUT2D eigenvalue weighted by Gasteiger charge is 1.96. The zero-order valence-electron chi connectivity index (χ0n) is 11.1. The summed E-state index contributed by atoms with van der Waals surface area (Å²) in [7, 11) is 1.43. The van der Waals surface area contributed by atoms with Crippen LogP contribution in [0.1, 0.15) is 38.5 Å². The van der Waals surface area contributed by atoms with Gasteiger partial charge in [-0.05, 0) is 32.1 Å². The smallest absolute Gasteiger partial charge is 0.305 e. The van der Waals surface area contributed by atoms with E-state index >= 15 is 0 Å². The van der Waals surface area contributed by atoms with Gasteiger partial charge in [-0.2, -0.15) is 0 Å². The van der Waals surface area contributed by atoms with Gasteiger partial charge in [0.05, 0.1) is 7.11 Å². The van der Waals surface area contributed by atoms with Crippen LogP contribution < -0.4 is 0 Å². The van der Waals surface area contributed by atoms with Gasteiger partial charge in [0.15, 0.2) is 0 Å². The molecule has 0 aliphatic heterocycles. The fourth-order valence-corrected chi connectivity index (χ4v) is 1.57. The molecule has 0 amide bonds. The van der Waals surface area contributed by atoms with Crippen LogP contribution in [-0.4, -0.2) is 18.4 Å². The third-order valence-corrected chi connectivity index (χ3v) is 2.76. The maximum atomic E-state index is 10.8. The van der Waals surface area contributed by atoms with Crippen LogP contribution in [-0.2, 0) is 9.53 Å². The van der Waals surface area contributed by atoms with Crippen molar-refractivity contribution in [1.82, 2.24) is 0 Å². The van der Waals surface area contributed by atoms with E-state index in [0.717, 1.165) is 37.4 Å². The van der Waals surface area contributed by atoms with E-state index in [2.05, 4.69) is 57.1 Å². The van der Waals surface area contributed by atoms with Crippen LogP contribution in [0.2, 0.25) is 0 Å². The van der Waals surface area contributed by atoms with Gasteiger partial charge < -0.3 is 4.74 Å². The fourth-order valence-electron chi connectivity index (χ4n) is 1.31. The number of ether oxygens (including phenoxy) is 1. The van der Waals surface area contributed by atoms with Crippen molar-refractivity contribution in [2.45, 2.75) is 38.5 Å². The normalized spacial score (nSPS) is 11.9. The van der Waals surface area contributed by atoms with Crippen molar-refractivity contribution in [3.05, 3.63) is 36.5 Å². The summed E-state index contributed by atoms with van der Waals surface area (Å²) < 4.78 is 4.57. The van der Waals surface area contributed by atoms with Crippen molar-refractivity contribution < 1.29 is 9.53 Å². The predicted octanol–water partition coefficient (Wildman–Crippen LogP) is 4.56. The summed E-state index contributed by atoms with van der Waals surface area (Å²) in [5.41, 5.74) is 0. The van der Waals surface area contributed by atoms with Gasteiger partial charge in [-0.15, -0.1) is 0 Å². The van der Waals surface area contributed by atoms with Crippen LogP contribution >= 0.6 is 15.9 Å². The third-order valence-electron chi connectivity index (χ3n) is 2.30. The maximum Gasteiger partial charge on any atom is 0.305 e. The Morgan fingerprint density at radius 2 is 1.56 bits per heavy atom. The van der Waals surface area contributed by atoms with E-state index in [1.165, 1.54) is 7.11 Å². The Kier molecular flexibility index (Phi) is 13.6. The molecule has 0 rings (SSSR count). The van der Waals surface area contributed by atoms with Crippen LogP contribution in [0, 0.1) is 0 Å². The number of hydrogen-bond acceptors (Lipinski definition) is 2. The van der Waals surface area contributed by atoms with Crippen molar-refractivity contribution in [2.75, 3.05) is 12.4 Å². The quantitative estimate of drug-likeness (QED) is 0.256. The lowest BCUT2D eigenvalue weighted by Gasteiger charge is -1.95. The number of esters is 1. The first kappa shape index (κ1) is 17.2. The second-order valence-electron chi connectivity index (χ2n) is 3.83. The molecule has 0 heterocycles. The molecule has 0 fully saturated rings. The zero-order valence-corrected chi connectivity index (χ0v) is 12.7. The molecule has 0 aliphatic rings. The van der Waals surface area contributed by atoms with Gasteiger partial charge in [-0.25, -0.2) is 0 Å². The molecule has 0 N–H and O–H groups in total. The summed E-state index contributed by atoms with van der Waals surface area (Å²) in [5, 5.41) is 1.03. The number of halogens is 1. The van der Waals surface area contributed by atoms with Gasteiger partial charge in [0, 0.05) is 11.8 Å². The lowest BCUT2D eigenvalue weighted by molar-refractivity contribution is -0.140. The molecule has 0 aromatic carbocycles. The Hall–Kier alpha value is -0.830. The fraction of sp³-hybridized carbons (Fsp3) is 0.533. The lowest BCUT2D eigenvalue weighted by Crippen LogP contribution is -1.98. The number of methoxy groups -OCH3 is 1. The highest BCUT2D eigenvalue weighted by Crippen LogP contribution is 2.00. The Morgan fingerprint density at radius 3 is 2.11 bits per heavy atom. The van der Waals surface area contributed by atoms with E-state index in [0.29, 0.717) is 6.42 Å². The van der Waals surface area contributed by atoms with Gasteiger partial charge in [-0.1, -0.05) is 52.4 Å². The maximum absolute atomic E-state index is 10.8. The Labute approximate surface area is 119 Å². The molecule has 0 saturated carbocycles. The predicted molar refractivity (Wildman–Crippen MR) is 80.9 cm³/mol. The number of unbranched alkanes of at least 4 members (excludes halogenated alkanes) is 1. The second-order valence-corrected chi connectivity index (χ2v) is 4.62. The molecule has 0 aromatic heterocycles. The minimum atomic E-state index is -0.126. The molecule has 18 heavy (non-hydrogen) atoms. The van der Waals surface area contributed by atoms with Crippen LogP contribution in [0.25, 0.3) is 0 Å². The van der Waals surface area contributed by atoms with E-state index in [4.69, 9.17) is 0 Å². The largest absolute Gasteiger partial charge is 0.469 e. The summed E-state index contributed by atoms with van der Waals surface area (Å²) >= 11 is 3.38. The first-order valence-corrected chi connectivity index (χ1v) is 7.51. The first-order chi connectivity index (χ1) is 8.81. The Morgan fingerprint density at radius 1 is 1.00 bits per heavy atom. The van der Waals surface area contributed by atoms with Gasteiger partial charge in [0.1, 0.15) is 0 Å². The summed E-state index contributed by atoms with van der Waals surface area (Å²) in [6, 6.07) is 0. The van der Waals surface area contributed by atoms with E-state index in [-0.39, 0.29) is 5.97 Å². The molecular formula is C15H23BrO2. The average molecular weight is 315 g/mol. The van der Waals surface area contributed by atoms with E-state index in [1.807, 2.05) is 0 Å². The number of rotatable bonds is 10. The first-order valence-electron chi connectivity index (χ1n) is 6.39. The minimum Gasteiger partial charge on any atom is -0.469 e. The number of alkyl halides is 1. The van der Waals surface area contributed by atoms with Crippen molar-refractivity contribution >= 4 is 21.9 Å². The summed E-state index contributed by atoms with van der Waals surface area (Å²) in [6.07, 6.45) is 18.3. The van der Waals surface area contributed by atoms with Crippen molar-refractivity contribution in [1.29, 1.82) is 0 Å². The van der Waals surface area contributed by atoms with Crippen molar-refractivity contribution in [3.8, 4) is 0 Å². The minimum absolute atomic E-state index is 0.126. The Bertz CT molecular complexity index is 280. The summed E-state index contributed by atoms with van der Waals surface area (Å²) in [4.78, 5) is 10.8. The van der Waals surface area contributed by atoms with E-state index < -0.39 is 0 Å². The zero-order chi connectivity index (χ0) is 13.5.